The largest absolute Gasteiger partial charge is 0.353 e. The van der Waals surface area contributed by atoms with E-state index in [1.807, 2.05) is 30.9 Å². The summed E-state index contributed by atoms with van der Waals surface area (Å²) in [4.78, 5) is 14.2. The molecule has 100 valence electrons. The van der Waals surface area contributed by atoms with Crippen molar-refractivity contribution >= 4 is 5.91 Å². The summed E-state index contributed by atoms with van der Waals surface area (Å²) in [5, 5.41) is 7.17. The number of amides is 1. The number of hydrogen-bond donors (Lipinski definition) is 1. The van der Waals surface area contributed by atoms with Crippen molar-refractivity contribution < 1.29 is 4.79 Å². The van der Waals surface area contributed by atoms with Crippen molar-refractivity contribution in [2.45, 2.75) is 39.3 Å². The summed E-state index contributed by atoms with van der Waals surface area (Å²) in [5.74, 6) is 0.126. The van der Waals surface area contributed by atoms with Crippen LogP contribution < -0.4 is 5.32 Å². The van der Waals surface area contributed by atoms with Crippen molar-refractivity contribution in [3.05, 3.63) is 18.0 Å². The van der Waals surface area contributed by atoms with Gasteiger partial charge in [0.15, 0.2) is 0 Å². The molecule has 5 heteroatoms. The zero-order valence-corrected chi connectivity index (χ0v) is 11.2. The summed E-state index contributed by atoms with van der Waals surface area (Å²) >= 11 is 0. The van der Waals surface area contributed by atoms with E-state index in [0.29, 0.717) is 6.54 Å². The Bertz CT molecular complexity index is 395. The van der Waals surface area contributed by atoms with Crippen molar-refractivity contribution in [2.24, 2.45) is 0 Å². The smallest absolute Gasteiger partial charge is 0.237 e. The van der Waals surface area contributed by atoms with Crippen LogP contribution in [0.4, 0.5) is 0 Å². The van der Waals surface area contributed by atoms with Crippen molar-refractivity contribution in [3.8, 4) is 0 Å². The second-order valence-electron chi connectivity index (χ2n) is 4.99. The van der Waals surface area contributed by atoms with Gasteiger partial charge < -0.3 is 5.32 Å². The highest BCUT2D eigenvalue weighted by Gasteiger charge is 2.23. The summed E-state index contributed by atoms with van der Waals surface area (Å²) in [7, 11) is 0. The molecule has 1 fully saturated rings. The molecule has 1 aromatic rings. The maximum atomic E-state index is 11.9. The number of nitrogens with zero attached hydrogens (tertiary/aromatic N) is 3. The minimum Gasteiger partial charge on any atom is -0.353 e. The van der Waals surface area contributed by atoms with E-state index < -0.39 is 0 Å². The predicted octanol–water partition coefficient (Wildman–Crippen LogP) is 0.792. The van der Waals surface area contributed by atoms with Crippen LogP contribution in [0.1, 0.15) is 25.3 Å². The Morgan fingerprint density at radius 2 is 2.22 bits per heavy atom. The van der Waals surface area contributed by atoms with Gasteiger partial charge in [-0.15, -0.1) is 0 Å². The molecule has 0 bridgehead atoms. The third-order valence-corrected chi connectivity index (χ3v) is 3.47. The van der Waals surface area contributed by atoms with Crippen LogP contribution in [0.25, 0.3) is 0 Å². The Labute approximate surface area is 108 Å². The van der Waals surface area contributed by atoms with Crippen molar-refractivity contribution in [2.75, 3.05) is 19.6 Å². The van der Waals surface area contributed by atoms with Gasteiger partial charge in [-0.3, -0.25) is 14.4 Å². The van der Waals surface area contributed by atoms with E-state index in [1.54, 1.807) is 0 Å². The first-order valence-corrected chi connectivity index (χ1v) is 6.67. The number of likely N-dealkylation sites (tertiary alicyclic amines) is 1. The van der Waals surface area contributed by atoms with Gasteiger partial charge in [0.25, 0.3) is 0 Å². The average molecular weight is 250 g/mol. The molecule has 0 aromatic carbocycles. The molecule has 1 amide bonds. The Kier molecular flexibility index (Phi) is 4.36. The van der Waals surface area contributed by atoms with Gasteiger partial charge >= 0.3 is 0 Å². The lowest BCUT2D eigenvalue weighted by Gasteiger charge is -2.22. The lowest BCUT2D eigenvalue weighted by atomic mass is 10.3. The van der Waals surface area contributed by atoms with E-state index in [4.69, 9.17) is 0 Å². The lowest BCUT2D eigenvalue weighted by Crippen LogP contribution is -2.44. The zero-order valence-electron chi connectivity index (χ0n) is 11.2. The molecule has 0 saturated carbocycles. The molecule has 0 radical (unpaired) electrons. The van der Waals surface area contributed by atoms with Gasteiger partial charge in [-0.1, -0.05) is 0 Å². The topological polar surface area (TPSA) is 50.2 Å². The molecule has 1 saturated heterocycles. The molecule has 1 atom stereocenters. The van der Waals surface area contributed by atoms with Gasteiger partial charge in [-0.05, 0) is 45.3 Å². The second-order valence-corrected chi connectivity index (χ2v) is 4.99. The average Bonchev–Trinajstić information content (AvgIpc) is 2.99. The number of carbonyl (C=O) groups is 1. The summed E-state index contributed by atoms with van der Waals surface area (Å²) < 4.78 is 1.86. The molecule has 1 N–H and O–H groups in total. The molecule has 0 aliphatic carbocycles. The first-order chi connectivity index (χ1) is 8.66. The fourth-order valence-corrected chi connectivity index (χ4v) is 2.33. The zero-order chi connectivity index (χ0) is 13.0. The molecular weight excluding hydrogens is 228 g/mol. The standard InChI is InChI=1S/C13H22N4O/c1-11-9-15-17(10-11)8-5-14-13(18)12(2)16-6-3-4-7-16/h9-10,12H,3-8H2,1-2H3,(H,14,18). The third-order valence-electron chi connectivity index (χ3n) is 3.47. The minimum atomic E-state index is -0.00754. The van der Waals surface area contributed by atoms with Gasteiger partial charge in [-0.2, -0.15) is 5.10 Å². The Balaban J connectivity index is 1.71. The van der Waals surface area contributed by atoms with E-state index in [-0.39, 0.29) is 11.9 Å². The van der Waals surface area contributed by atoms with Gasteiger partial charge in [-0.25, -0.2) is 0 Å². The van der Waals surface area contributed by atoms with Crippen LogP contribution >= 0.6 is 0 Å². The first-order valence-electron chi connectivity index (χ1n) is 6.67. The third kappa shape index (κ3) is 3.32. The SMILES string of the molecule is Cc1cnn(CCNC(=O)C(C)N2CCCC2)c1. The summed E-state index contributed by atoms with van der Waals surface area (Å²) in [5.41, 5.74) is 1.15. The monoisotopic (exact) mass is 250 g/mol. The van der Waals surface area contributed by atoms with Crippen LogP contribution in [0.15, 0.2) is 12.4 Å². The number of rotatable bonds is 5. The van der Waals surface area contributed by atoms with Gasteiger partial charge in [0, 0.05) is 12.7 Å². The van der Waals surface area contributed by atoms with Crippen LogP contribution in [0.5, 0.6) is 0 Å². The number of aromatic nitrogens is 2. The van der Waals surface area contributed by atoms with Gasteiger partial charge in [0.05, 0.1) is 18.8 Å². The van der Waals surface area contributed by atoms with Crippen molar-refractivity contribution in [1.29, 1.82) is 0 Å². The highest BCUT2D eigenvalue weighted by Crippen LogP contribution is 2.11. The summed E-state index contributed by atoms with van der Waals surface area (Å²) in [6.07, 6.45) is 6.24. The molecule has 2 heterocycles. The van der Waals surface area contributed by atoms with Crippen LogP contribution in [0.3, 0.4) is 0 Å². The van der Waals surface area contributed by atoms with Crippen LogP contribution in [0.2, 0.25) is 0 Å². The quantitative estimate of drug-likeness (QED) is 0.840. The molecule has 5 nitrogen and oxygen atoms in total. The van der Waals surface area contributed by atoms with Gasteiger partial charge in [0.2, 0.25) is 5.91 Å². The maximum Gasteiger partial charge on any atom is 0.237 e. The van der Waals surface area contributed by atoms with E-state index >= 15 is 0 Å². The molecule has 1 aliphatic heterocycles. The Hall–Kier alpha value is -1.36. The summed E-state index contributed by atoms with van der Waals surface area (Å²) in [6, 6.07) is -0.00754. The molecular formula is C13H22N4O. The van der Waals surface area contributed by atoms with Crippen LogP contribution in [0, 0.1) is 6.92 Å². The Morgan fingerprint density at radius 1 is 1.50 bits per heavy atom. The highest BCUT2D eigenvalue weighted by atomic mass is 16.2. The fraction of sp³-hybridized carbons (Fsp3) is 0.692. The van der Waals surface area contributed by atoms with Crippen LogP contribution in [-0.4, -0.2) is 46.3 Å². The second kappa shape index (κ2) is 6.00. The maximum absolute atomic E-state index is 11.9. The summed E-state index contributed by atoms with van der Waals surface area (Å²) in [6.45, 7) is 7.46. The molecule has 1 aromatic heterocycles. The molecule has 1 unspecified atom stereocenters. The van der Waals surface area contributed by atoms with E-state index in [9.17, 15) is 4.79 Å². The minimum absolute atomic E-state index is 0.00754. The van der Waals surface area contributed by atoms with Gasteiger partial charge in [0.1, 0.15) is 0 Å². The van der Waals surface area contributed by atoms with Crippen molar-refractivity contribution in [1.82, 2.24) is 20.0 Å². The molecule has 18 heavy (non-hydrogen) atoms. The van der Waals surface area contributed by atoms with Crippen LogP contribution in [-0.2, 0) is 11.3 Å². The first kappa shape index (κ1) is 13.1. The highest BCUT2D eigenvalue weighted by molar-refractivity contribution is 5.81. The van der Waals surface area contributed by atoms with E-state index in [0.717, 1.165) is 25.2 Å². The van der Waals surface area contributed by atoms with E-state index in [1.165, 1.54) is 12.8 Å². The Morgan fingerprint density at radius 3 is 2.83 bits per heavy atom. The van der Waals surface area contributed by atoms with E-state index in [2.05, 4.69) is 15.3 Å². The number of hydrogen-bond acceptors (Lipinski definition) is 3. The van der Waals surface area contributed by atoms with Crippen molar-refractivity contribution in [3.63, 3.8) is 0 Å². The number of aryl methyl sites for hydroxylation is 1. The number of nitrogens with one attached hydrogen (secondary N) is 1. The predicted molar refractivity (Wildman–Crippen MR) is 70.2 cm³/mol. The lowest BCUT2D eigenvalue weighted by molar-refractivity contribution is -0.125. The molecule has 1 aliphatic rings. The fourth-order valence-electron chi connectivity index (χ4n) is 2.33. The number of carbonyl (C=O) groups excluding carboxylic acids is 1. The molecule has 2 rings (SSSR count). The molecule has 0 spiro atoms. The normalized spacial score (nSPS) is 17.9.